The van der Waals surface area contributed by atoms with Gasteiger partial charge < -0.3 is 9.88 Å². The maximum atomic E-state index is 14.0. The predicted octanol–water partition coefficient (Wildman–Crippen LogP) is 4.13. The lowest BCUT2D eigenvalue weighted by Crippen LogP contribution is -2.34. The van der Waals surface area contributed by atoms with Crippen LogP contribution in [0.15, 0.2) is 30.3 Å². The van der Waals surface area contributed by atoms with E-state index in [1.165, 1.54) is 4.90 Å². The van der Waals surface area contributed by atoms with Crippen LogP contribution in [0.2, 0.25) is 0 Å². The van der Waals surface area contributed by atoms with Gasteiger partial charge in [0.25, 0.3) is 5.91 Å². The molecule has 1 aromatic heterocycles. The van der Waals surface area contributed by atoms with Gasteiger partial charge in [-0.25, -0.2) is 13.2 Å². The average Bonchev–Trinajstić information content (AvgIpc) is 2.82. The molecule has 2 heterocycles. The Bertz CT molecular complexity index is 1030. The third-order valence-corrected chi connectivity index (χ3v) is 4.97. The zero-order chi connectivity index (χ0) is 18.4. The fourth-order valence-electron chi connectivity index (χ4n) is 3.59. The minimum Gasteiger partial charge on any atom is -0.358 e. The first-order chi connectivity index (χ1) is 12.5. The summed E-state index contributed by atoms with van der Waals surface area (Å²) in [6.07, 6.45) is 1.22. The molecule has 0 radical (unpaired) electrons. The first kappa shape index (κ1) is 16.7. The second kappa shape index (κ2) is 6.20. The number of aromatic nitrogens is 1. The van der Waals surface area contributed by atoms with Crippen molar-refractivity contribution in [3.05, 3.63) is 70.2 Å². The monoisotopic (exact) mass is 358 g/mol. The number of amides is 1. The third kappa shape index (κ3) is 2.66. The number of hydrogen-bond acceptors (Lipinski definition) is 1. The molecule has 0 unspecified atom stereocenters. The largest absolute Gasteiger partial charge is 0.358 e. The van der Waals surface area contributed by atoms with Gasteiger partial charge in [-0.3, -0.25) is 4.79 Å². The summed E-state index contributed by atoms with van der Waals surface area (Å²) in [7, 11) is 0. The predicted molar refractivity (Wildman–Crippen MR) is 92.7 cm³/mol. The molecule has 0 aliphatic carbocycles. The Labute approximate surface area is 148 Å². The summed E-state index contributed by atoms with van der Waals surface area (Å²) < 4.78 is 40.5. The Morgan fingerprint density at radius 1 is 1.04 bits per heavy atom. The first-order valence-corrected chi connectivity index (χ1v) is 8.48. The van der Waals surface area contributed by atoms with Crippen LogP contribution in [0.25, 0.3) is 10.9 Å². The maximum Gasteiger partial charge on any atom is 0.256 e. The van der Waals surface area contributed by atoms with E-state index in [4.69, 9.17) is 0 Å². The molecule has 3 aromatic rings. The van der Waals surface area contributed by atoms with Crippen molar-refractivity contribution in [3.8, 4) is 0 Å². The van der Waals surface area contributed by atoms with Crippen molar-refractivity contribution in [3.63, 3.8) is 0 Å². The number of rotatable bonds is 1. The number of carbonyl (C=O) groups excluding carboxylic acids is 1. The molecule has 0 bridgehead atoms. The average molecular weight is 358 g/mol. The summed E-state index contributed by atoms with van der Waals surface area (Å²) in [5.74, 6) is -4.96. The molecule has 1 aliphatic rings. The van der Waals surface area contributed by atoms with Crippen LogP contribution in [0.3, 0.4) is 0 Å². The number of carbonyl (C=O) groups is 1. The standard InChI is InChI=1S/C20H17F3N2O/c1-11-2-5-16-14(10-11)12-6-8-25(9-7-17(12)24-16)20(26)13-3-4-15(21)19(23)18(13)22/h2-5,10,24H,6-9H2,1H3. The summed E-state index contributed by atoms with van der Waals surface area (Å²) in [5.41, 5.74) is 4.00. The van der Waals surface area contributed by atoms with E-state index < -0.39 is 28.9 Å². The molecule has 0 saturated carbocycles. The molecule has 1 aliphatic heterocycles. The molecular weight excluding hydrogens is 341 g/mol. The molecule has 3 nitrogen and oxygen atoms in total. The van der Waals surface area contributed by atoms with Crippen LogP contribution < -0.4 is 0 Å². The summed E-state index contributed by atoms with van der Waals surface area (Å²) in [4.78, 5) is 17.5. The maximum absolute atomic E-state index is 14.0. The van der Waals surface area contributed by atoms with Gasteiger partial charge in [0.1, 0.15) is 0 Å². The van der Waals surface area contributed by atoms with Gasteiger partial charge in [0.2, 0.25) is 0 Å². The minimum absolute atomic E-state index is 0.385. The van der Waals surface area contributed by atoms with E-state index in [0.29, 0.717) is 25.9 Å². The van der Waals surface area contributed by atoms with Crippen LogP contribution in [-0.2, 0) is 12.8 Å². The van der Waals surface area contributed by atoms with E-state index >= 15 is 0 Å². The van der Waals surface area contributed by atoms with Gasteiger partial charge in [0, 0.05) is 36.1 Å². The molecule has 0 atom stereocenters. The lowest BCUT2D eigenvalue weighted by Gasteiger charge is -2.20. The summed E-state index contributed by atoms with van der Waals surface area (Å²) in [5, 5.41) is 1.13. The Hall–Kier alpha value is -2.76. The molecule has 0 fully saturated rings. The smallest absolute Gasteiger partial charge is 0.256 e. The van der Waals surface area contributed by atoms with E-state index in [2.05, 4.69) is 11.1 Å². The molecule has 26 heavy (non-hydrogen) atoms. The van der Waals surface area contributed by atoms with Crippen LogP contribution in [0.1, 0.15) is 27.2 Å². The zero-order valence-corrected chi connectivity index (χ0v) is 14.2. The van der Waals surface area contributed by atoms with Crippen molar-refractivity contribution < 1.29 is 18.0 Å². The van der Waals surface area contributed by atoms with Gasteiger partial charge in [0.15, 0.2) is 17.5 Å². The van der Waals surface area contributed by atoms with Gasteiger partial charge in [-0.05, 0) is 43.2 Å². The SMILES string of the molecule is Cc1ccc2[nH]c3c(c2c1)CCN(C(=O)c1ccc(F)c(F)c1F)CC3. The number of benzene rings is 2. The molecular formula is C20H17F3N2O. The van der Waals surface area contributed by atoms with E-state index in [9.17, 15) is 18.0 Å². The van der Waals surface area contributed by atoms with Crippen LogP contribution in [0.4, 0.5) is 13.2 Å². The number of halogens is 3. The van der Waals surface area contributed by atoms with Gasteiger partial charge >= 0.3 is 0 Å². The highest BCUT2D eigenvalue weighted by atomic mass is 19.2. The molecule has 4 rings (SSSR count). The number of fused-ring (bicyclic) bond motifs is 3. The number of H-pyrrole nitrogens is 1. The lowest BCUT2D eigenvalue weighted by molar-refractivity contribution is 0.0757. The molecule has 134 valence electrons. The van der Waals surface area contributed by atoms with Crippen LogP contribution >= 0.6 is 0 Å². The molecule has 2 aromatic carbocycles. The third-order valence-electron chi connectivity index (χ3n) is 4.97. The summed E-state index contributed by atoms with van der Waals surface area (Å²) in [6.45, 7) is 2.80. The number of aromatic amines is 1. The Morgan fingerprint density at radius 2 is 1.81 bits per heavy atom. The van der Waals surface area contributed by atoms with Gasteiger partial charge in [0.05, 0.1) is 5.56 Å². The van der Waals surface area contributed by atoms with Crippen LogP contribution in [-0.4, -0.2) is 28.9 Å². The Balaban J connectivity index is 1.62. The molecule has 0 spiro atoms. The Morgan fingerprint density at radius 3 is 2.62 bits per heavy atom. The first-order valence-electron chi connectivity index (χ1n) is 8.48. The second-order valence-electron chi connectivity index (χ2n) is 6.65. The van der Waals surface area contributed by atoms with Crippen LogP contribution in [0.5, 0.6) is 0 Å². The lowest BCUT2D eigenvalue weighted by atomic mass is 10.1. The van der Waals surface area contributed by atoms with Crippen molar-refractivity contribution in [2.75, 3.05) is 13.1 Å². The fourth-order valence-corrected chi connectivity index (χ4v) is 3.59. The minimum atomic E-state index is -1.61. The Kier molecular flexibility index (Phi) is 3.98. The summed E-state index contributed by atoms with van der Waals surface area (Å²) >= 11 is 0. The zero-order valence-electron chi connectivity index (χ0n) is 14.2. The van der Waals surface area contributed by atoms with Crippen LogP contribution in [0, 0.1) is 24.4 Å². The summed E-state index contributed by atoms with van der Waals surface area (Å²) in [6, 6.07) is 7.97. The topological polar surface area (TPSA) is 36.1 Å². The number of nitrogens with zero attached hydrogens (tertiary/aromatic N) is 1. The molecule has 1 N–H and O–H groups in total. The molecule has 1 amide bonds. The van der Waals surface area contributed by atoms with Gasteiger partial charge in [-0.1, -0.05) is 11.6 Å². The van der Waals surface area contributed by atoms with E-state index in [0.717, 1.165) is 39.9 Å². The fraction of sp³-hybridized carbons (Fsp3) is 0.250. The quantitative estimate of drug-likeness (QED) is 0.652. The highest BCUT2D eigenvalue weighted by Gasteiger charge is 2.26. The molecule has 6 heteroatoms. The highest BCUT2D eigenvalue weighted by molar-refractivity contribution is 5.94. The van der Waals surface area contributed by atoms with E-state index in [1.54, 1.807) is 0 Å². The van der Waals surface area contributed by atoms with Gasteiger partial charge in [-0.2, -0.15) is 0 Å². The van der Waals surface area contributed by atoms with E-state index in [1.807, 2.05) is 19.1 Å². The second-order valence-corrected chi connectivity index (χ2v) is 6.65. The number of aryl methyl sites for hydroxylation is 1. The van der Waals surface area contributed by atoms with Crippen molar-refractivity contribution in [1.29, 1.82) is 0 Å². The van der Waals surface area contributed by atoms with Crippen molar-refractivity contribution in [2.45, 2.75) is 19.8 Å². The normalized spacial score (nSPS) is 14.4. The highest BCUT2D eigenvalue weighted by Crippen LogP contribution is 2.27. The molecule has 0 saturated heterocycles. The number of nitrogens with one attached hydrogen (secondary N) is 1. The van der Waals surface area contributed by atoms with Crippen molar-refractivity contribution in [1.82, 2.24) is 9.88 Å². The van der Waals surface area contributed by atoms with Crippen molar-refractivity contribution >= 4 is 16.8 Å². The number of hydrogen-bond donors (Lipinski definition) is 1. The van der Waals surface area contributed by atoms with E-state index in [-0.39, 0.29) is 0 Å². The van der Waals surface area contributed by atoms with Gasteiger partial charge in [-0.15, -0.1) is 0 Å². The van der Waals surface area contributed by atoms with Crippen molar-refractivity contribution in [2.24, 2.45) is 0 Å².